The number of thiazole rings is 1. The number of rotatable bonds is 5. The number of pyridine rings is 1. The molecule has 7 nitrogen and oxygen atoms in total. The van der Waals surface area contributed by atoms with Crippen LogP contribution in [0.3, 0.4) is 0 Å². The molecule has 3 aromatic heterocycles. The van der Waals surface area contributed by atoms with E-state index in [1.54, 1.807) is 6.20 Å². The number of nitrogens with zero attached hydrogens (tertiary/aromatic N) is 4. The normalized spacial score (nSPS) is 13.0. The van der Waals surface area contributed by atoms with E-state index < -0.39 is 8.96 Å². The molecule has 0 radical (unpaired) electrons. The van der Waals surface area contributed by atoms with Gasteiger partial charge in [-0.05, 0) is 19.1 Å². The molecule has 10 heteroatoms. The molecule has 114 valence electrons. The monoisotopic (exact) mass is 352 g/mol. The van der Waals surface area contributed by atoms with E-state index in [1.807, 2.05) is 25.1 Å². The fourth-order valence-electron chi connectivity index (χ4n) is 1.81. The summed E-state index contributed by atoms with van der Waals surface area (Å²) >= 11 is 2.81. The first-order valence-corrected chi connectivity index (χ1v) is 8.98. The number of anilines is 2. The third-order valence-electron chi connectivity index (χ3n) is 2.81. The van der Waals surface area contributed by atoms with Crippen LogP contribution in [0.15, 0.2) is 29.6 Å². The molecule has 3 rings (SSSR count). The van der Waals surface area contributed by atoms with Gasteiger partial charge < -0.3 is 15.7 Å². The van der Waals surface area contributed by atoms with Crippen molar-refractivity contribution in [3.63, 3.8) is 0 Å². The van der Waals surface area contributed by atoms with Gasteiger partial charge in [0.1, 0.15) is 19.5 Å². The molecular formula is C12H13N6OPS2. The molecule has 0 aromatic carbocycles. The maximum atomic E-state index is 8.92. The molecule has 2 atom stereocenters. The maximum Gasteiger partial charge on any atom is 0.192 e. The smallest absolute Gasteiger partial charge is 0.192 e. The summed E-state index contributed by atoms with van der Waals surface area (Å²) in [5.74, 6) is 0.396. The Balaban J connectivity index is 1.88. The molecule has 3 aromatic rings. The highest BCUT2D eigenvalue weighted by Gasteiger charge is 2.15. The summed E-state index contributed by atoms with van der Waals surface area (Å²) in [5, 5.41) is 4.01. The predicted molar refractivity (Wildman–Crippen MR) is 92.3 cm³/mol. The van der Waals surface area contributed by atoms with Crippen LogP contribution in [0.4, 0.5) is 10.9 Å². The Morgan fingerprint density at radius 3 is 2.95 bits per heavy atom. The molecule has 0 saturated heterocycles. The number of nitrogens with two attached hydrogens (primary N) is 1. The first-order chi connectivity index (χ1) is 10.7. The molecule has 0 bridgehead atoms. The molecule has 0 aliphatic carbocycles. The van der Waals surface area contributed by atoms with Crippen molar-refractivity contribution in [2.75, 3.05) is 10.8 Å². The molecule has 0 spiro atoms. The third kappa shape index (κ3) is 3.27. The molecule has 0 fully saturated rings. The molecule has 0 amide bonds. The Labute approximate surface area is 136 Å². The van der Waals surface area contributed by atoms with Crippen molar-refractivity contribution >= 4 is 53.4 Å². The zero-order valence-electron chi connectivity index (χ0n) is 11.5. The average Bonchev–Trinajstić information content (AvgIpc) is 2.92. The largest absolute Gasteiger partial charge is 0.382 e. The van der Waals surface area contributed by atoms with E-state index in [-0.39, 0.29) is 5.25 Å². The third-order valence-corrected chi connectivity index (χ3v) is 5.31. The summed E-state index contributed by atoms with van der Waals surface area (Å²) in [4.78, 5) is 26.3. The van der Waals surface area contributed by atoms with Gasteiger partial charge in [-0.2, -0.15) is 4.98 Å². The molecule has 0 aliphatic rings. The highest BCUT2D eigenvalue weighted by atomic mass is 32.2. The quantitative estimate of drug-likeness (QED) is 0.365. The lowest BCUT2D eigenvalue weighted by Crippen LogP contribution is -1.98. The van der Waals surface area contributed by atoms with E-state index in [9.17, 15) is 0 Å². The SMILES string of the molecule is CC(Sc1nc(N)c2sc(NPO)nc2n1)c1ccccn1. The van der Waals surface area contributed by atoms with Crippen LogP contribution < -0.4 is 10.8 Å². The van der Waals surface area contributed by atoms with Gasteiger partial charge in [-0.3, -0.25) is 4.98 Å². The summed E-state index contributed by atoms with van der Waals surface area (Å²) in [5.41, 5.74) is 7.47. The first kappa shape index (κ1) is 15.4. The van der Waals surface area contributed by atoms with Gasteiger partial charge in [0.05, 0.1) is 10.9 Å². The number of fused-ring (bicyclic) bond motifs is 1. The van der Waals surface area contributed by atoms with Gasteiger partial charge in [0.15, 0.2) is 15.9 Å². The minimum atomic E-state index is -0.413. The van der Waals surface area contributed by atoms with E-state index in [4.69, 9.17) is 10.6 Å². The van der Waals surface area contributed by atoms with E-state index in [1.165, 1.54) is 23.1 Å². The molecule has 2 unspecified atom stereocenters. The molecule has 4 N–H and O–H groups in total. The summed E-state index contributed by atoms with van der Waals surface area (Å²) < 4.78 is 0.718. The van der Waals surface area contributed by atoms with Crippen molar-refractivity contribution < 1.29 is 4.89 Å². The van der Waals surface area contributed by atoms with Gasteiger partial charge in [-0.1, -0.05) is 29.2 Å². The van der Waals surface area contributed by atoms with Crippen molar-refractivity contribution in [2.24, 2.45) is 0 Å². The Kier molecular flexibility index (Phi) is 4.68. The highest BCUT2D eigenvalue weighted by Crippen LogP contribution is 2.35. The van der Waals surface area contributed by atoms with Gasteiger partial charge >= 0.3 is 0 Å². The van der Waals surface area contributed by atoms with Gasteiger partial charge in [0.25, 0.3) is 0 Å². The van der Waals surface area contributed by atoms with Crippen LogP contribution in [0.25, 0.3) is 10.3 Å². The zero-order valence-corrected chi connectivity index (χ0v) is 14.1. The predicted octanol–water partition coefficient (Wildman–Crippen LogP) is 2.83. The van der Waals surface area contributed by atoms with Crippen molar-refractivity contribution in [1.82, 2.24) is 19.9 Å². The van der Waals surface area contributed by atoms with Crippen LogP contribution in [-0.4, -0.2) is 24.8 Å². The fourth-order valence-corrected chi connectivity index (χ4v) is 3.83. The Bertz CT molecular complexity index is 784. The topological polar surface area (TPSA) is 110 Å². The number of hydrogen-bond donors (Lipinski definition) is 3. The number of hydrogen-bond acceptors (Lipinski definition) is 9. The van der Waals surface area contributed by atoms with Crippen LogP contribution in [0.1, 0.15) is 17.9 Å². The van der Waals surface area contributed by atoms with Crippen LogP contribution in [0.2, 0.25) is 0 Å². The number of nitrogen functional groups attached to an aromatic ring is 1. The minimum absolute atomic E-state index is 0.105. The van der Waals surface area contributed by atoms with Crippen molar-refractivity contribution in [1.29, 1.82) is 0 Å². The molecular weight excluding hydrogens is 339 g/mol. The lowest BCUT2D eigenvalue weighted by Gasteiger charge is -2.09. The van der Waals surface area contributed by atoms with Crippen LogP contribution in [-0.2, 0) is 0 Å². The number of aromatic nitrogens is 4. The Morgan fingerprint density at radius 1 is 1.36 bits per heavy atom. The maximum absolute atomic E-state index is 8.92. The lowest BCUT2D eigenvalue weighted by atomic mass is 10.3. The summed E-state index contributed by atoms with van der Waals surface area (Å²) in [6, 6.07) is 5.80. The second-order valence-electron chi connectivity index (χ2n) is 4.31. The van der Waals surface area contributed by atoms with Crippen LogP contribution in [0, 0.1) is 0 Å². The Hall–Kier alpha value is -1.54. The van der Waals surface area contributed by atoms with E-state index >= 15 is 0 Å². The second-order valence-corrected chi connectivity index (χ2v) is 7.10. The average molecular weight is 352 g/mol. The molecule has 0 saturated carbocycles. The van der Waals surface area contributed by atoms with Crippen molar-refractivity contribution in [3.8, 4) is 0 Å². The fraction of sp³-hybridized carbons (Fsp3) is 0.167. The first-order valence-electron chi connectivity index (χ1n) is 6.34. The minimum Gasteiger partial charge on any atom is -0.382 e. The standard InChI is InChI=1S/C12H13N6OPS2/c1-6(7-4-2-3-5-14-7)21-11-15-9(13)8-10(16-11)17-12(22-8)18-20-19/h2-6,19-20H,1H3,(H3,13,15,16,17,18). The lowest BCUT2D eigenvalue weighted by molar-refractivity contribution is 0.651. The van der Waals surface area contributed by atoms with Crippen molar-refractivity contribution in [2.45, 2.75) is 17.3 Å². The van der Waals surface area contributed by atoms with Gasteiger partial charge in [0, 0.05) is 6.20 Å². The highest BCUT2D eigenvalue weighted by molar-refractivity contribution is 7.99. The van der Waals surface area contributed by atoms with Gasteiger partial charge in [-0.25, -0.2) is 9.97 Å². The van der Waals surface area contributed by atoms with E-state index in [2.05, 4.69) is 25.0 Å². The summed E-state index contributed by atoms with van der Waals surface area (Å²) in [7, 11) is -0.413. The molecule has 22 heavy (non-hydrogen) atoms. The van der Waals surface area contributed by atoms with Crippen molar-refractivity contribution in [3.05, 3.63) is 30.1 Å². The number of thioether (sulfide) groups is 1. The van der Waals surface area contributed by atoms with E-state index in [0.717, 1.165) is 10.4 Å². The summed E-state index contributed by atoms with van der Waals surface area (Å²) in [6.07, 6.45) is 1.76. The molecule has 0 aliphatic heterocycles. The van der Waals surface area contributed by atoms with Crippen LogP contribution in [0.5, 0.6) is 0 Å². The number of nitrogens with one attached hydrogen (secondary N) is 1. The molecule has 3 heterocycles. The van der Waals surface area contributed by atoms with Gasteiger partial charge in [-0.15, -0.1) is 0 Å². The van der Waals surface area contributed by atoms with Gasteiger partial charge in [0.2, 0.25) is 0 Å². The van der Waals surface area contributed by atoms with E-state index in [0.29, 0.717) is 21.8 Å². The Morgan fingerprint density at radius 2 is 2.23 bits per heavy atom. The zero-order chi connectivity index (χ0) is 15.5. The van der Waals surface area contributed by atoms with Crippen LogP contribution >= 0.6 is 32.1 Å². The summed E-state index contributed by atoms with van der Waals surface area (Å²) in [6.45, 7) is 2.04. The second kappa shape index (κ2) is 6.70.